The molecule has 0 heterocycles. The monoisotopic (exact) mass is 130 g/mol. The van der Waals surface area contributed by atoms with Crippen LogP contribution >= 0.6 is 0 Å². The van der Waals surface area contributed by atoms with Crippen LogP contribution in [0.25, 0.3) is 0 Å². The maximum atomic E-state index is 10.5. The number of hydrogen-bond donors (Lipinski definition) is 1. The van der Waals surface area contributed by atoms with E-state index in [1.165, 1.54) is 6.92 Å². The molecular formula is C7H14O2. The normalized spacial score (nSPS) is 16.9. The second kappa shape index (κ2) is 3.62. The van der Waals surface area contributed by atoms with Crippen molar-refractivity contribution in [3.63, 3.8) is 0 Å². The Balaban J connectivity index is 3.72. The number of hydrogen-bond acceptors (Lipinski definition) is 2. The van der Waals surface area contributed by atoms with Crippen LogP contribution in [0.4, 0.5) is 0 Å². The fourth-order valence-electron chi connectivity index (χ4n) is 0.624. The van der Waals surface area contributed by atoms with Crippen LogP contribution in [0.5, 0.6) is 0 Å². The molecule has 2 nitrogen and oxygen atoms in total. The van der Waals surface area contributed by atoms with Crippen LogP contribution in [0.1, 0.15) is 27.2 Å². The van der Waals surface area contributed by atoms with E-state index in [1.807, 2.05) is 13.8 Å². The number of rotatable bonds is 3. The van der Waals surface area contributed by atoms with Crippen molar-refractivity contribution >= 4 is 5.78 Å². The highest BCUT2D eigenvalue weighted by Crippen LogP contribution is 2.07. The molecule has 0 saturated heterocycles. The van der Waals surface area contributed by atoms with Crippen molar-refractivity contribution < 1.29 is 9.90 Å². The predicted molar refractivity (Wildman–Crippen MR) is 36.1 cm³/mol. The fourth-order valence-corrected chi connectivity index (χ4v) is 0.624. The van der Waals surface area contributed by atoms with Crippen LogP contribution in [0.15, 0.2) is 0 Å². The number of carbonyl (C=O) groups is 1. The molecule has 1 N–H and O–H groups in total. The summed E-state index contributed by atoms with van der Waals surface area (Å²) < 4.78 is 0. The topological polar surface area (TPSA) is 37.3 Å². The summed E-state index contributed by atoms with van der Waals surface area (Å²) >= 11 is 0. The average Bonchev–Trinajstić information content (AvgIpc) is 1.84. The van der Waals surface area contributed by atoms with Crippen LogP contribution in [0.3, 0.4) is 0 Å². The minimum Gasteiger partial charge on any atom is -0.385 e. The van der Waals surface area contributed by atoms with Gasteiger partial charge in [-0.05, 0) is 12.8 Å². The summed E-state index contributed by atoms with van der Waals surface area (Å²) in [5.41, 5.74) is 0. The minimum atomic E-state index is -0.755. The summed E-state index contributed by atoms with van der Waals surface area (Å²) in [7, 11) is 0. The van der Waals surface area contributed by atoms with Crippen molar-refractivity contribution in [2.24, 2.45) is 5.92 Å². The largest absolute Gasteiger partial charge is 0.385 e. The van der Waals surface area contributed by atoms with E-state index in [2.05, 4.69) is 0 Å². The molecule has 0 fully saturated rings. The zero-order chi connectivity index (χ0) is 7.44. The molecule has 0 aliphatic heterocycles. The number of Topliss-reactive ketones (excluding diaryl/α,β-unsaturated/α-hetero) is 1. The molecule has 0 radical (unpaired) electrons. The highest BCUT2D eigenvalue weighted by Gasteiger charge is 2.15. The van der Waals surface area contributed by atoms with Crippen molar-refractivity contribution in [2.75, 3.05) is 0 Å². The molecule has 0 amide bonds. The zero-order valence-electron chi connectivity index (χ0n) is 6.22. The molecule has 0 unspecified atom stereocenters. The summed E-state index contributed by atoms with van der Waals surface area (Å²) in [6, 6.07) is 0. The first-order valence-electron chi connectivity index (χ1n) is 3.28. The van der Waals surface area contributed by atoms with Crippen LogP contribution in [0, 0.1) is 5.92 Å². The first-order chi connectivity index (χ1) is 4.09. The fraction of sp³-hybridized carbons (Fsp3) is 0.857. The summed E-state index contributed by atoms with van der Waals surface area (Å²) in [5, 5.41) is 9.05. The molecule has 0 aromatic heterocycles. The highest BCUT2D eigenvalue weighted by molar-refractivity contribution is 5.80. The first kappa shape index (κ1) is 8.63. The van der Waals surface area contributed by atoms with Crippen molar-refractivity contribution in [1.82, 2.24) is 0 Å². The Morgan fingerprint density at radius 2 is 2.11 bits per heavy atom. The molecule has 0 bridgehead atoms. The number of carbonyl (C=O) groups excluding carboxylic acids is 1. The molecule has 0 aliphatic rings. The van der Waals surface area contributed by atoms with Crippen molar-refractivity contribution in [3.05, 3.63) is 0 Å². The third kappa shape index (κ3) is 2.61. The predicted octanol–water partition coefficient (Wildman–Crippen LogP) is 0.982. The van der Waals surface area contributed by atoms with Gasteiger partial charge in [-0.1, -0.05) is 20.3 Å². The van der Waals surface area contributed by atoms with Gasteiger partial charge < -0.3 is 5.11 Å². The summed E-state index contributed by atoms with van der Waals surface area (Å²) in [4.78, 5) is 10.5. The van der Waals surface area contributed by atoms with Gasteiger partial charge >= 0.3 is 0 Å². The number of aliphatic hydroxyl groups is 1. The van der Waals surface area contributed by atoms with Crippen LogP contribution in [-0.2, 0) is 4.79 Å². The van der Waals surface area contributed by atoms with Gasteiger partial charge in [-0.25, -0.2) is 0 Å². The molecule has 9 heavy (non-hydrogen) atoms. The lowest BCUT2D eigenvalue weighted by Crippen LogP contribution is -2.24. The lowest BCUT2D eigenvalue weighted by Gasteiger charge is -2.12. The molecule has 0 aromatic carbocycles. The van der Waals surface area contributed by atoms with Gasteiger partial charge in [0.05, 0.1) is 0 Å². The van der Waals surface area contributed by atoms with E-state index < -0.39 is 6.10 Å². The van der Waals surface area contributed by atoms with E-state index in [4.69, 9.17) is 5.11 Å². The molecule has 2 atom stereocenters. The Morgan fingerprint density at radius 3 is 2.22 bits per heavy atom. The second-order valence-electron chi connectivity index (χ2n) is 2.44. The van der Waals surface area contributed by atoms with Gasteiger partial charge in [0.25, 0.3) is 0 Å². The molecule has 54 valence electrons. The average molecular weight is 130 g/mol. The van der Waals surface area contributed by atoms with Gasteiger partial charge in [-0.2, -0.15) is 0 Å². The second-order valence-corrected chi connectivity index (χ2v) is 2.44. The van der Waals surface area contributed by atoms with Crippen molar-refractivity contribution in [2.45, 2.75) is 33.3 Å². The molecule has 0 aliphatic carbocycles. The van der Waals surface area contributed by atoms with E-state index in [1.54, 1.807) is 0 Å². The number of ketones is 1. The van der Waals surface area contributed by atoms with Gasteiger partial charge in [0, 0.05) is 0 Å². The Bertz CT molecular complexity index is 99.1. The van der Waals surface area contributed by atoms with Crippen LogP contribution in [0.2, 0.25) is 0 Å². The van der Waals surface area contributed by atoms with E-state index >= 15 is 0 Å². The standard InChI is InChI=1S/C7H14O2/c1-4-5(2)7(9)6(3)8/h5,7,9H,4H2,1-3H3/t5-,7-/m1/s1. The van der Waals surface area contributed by atoms with Crippen molar-refractivity contribution in [3.8, 4) is 0 Å². The SMILES string of the molecule is CC[C@@H](C)[C@@H](O)C(C)=O. The first-order valence-corrected chi connectivity index (χ1v) is 3.28. The molecule has 0 rings (SSSR count). The Labute approximate surface area is 55.9 Å². The third-order valence-corrected chi connectivity index (χ3v) is 1.60. The van der Waals surface area contributed by atoms with Crippen molar-refractivity contribution in [1.29, 1.82) is 0 Å². The van der Waals surface area contributed by atoms with Gasteiger partial charge in [-0.15, -0.1) is 0 Å². The van der Waals surface area contributed by atoms with E-state index in [0.29, 0.717) is 0 Å². The molecule has 0 saturated carbocycles. The quantitative estimate of drug-likeness (QED) is 0.618. The summed E-state index contributed by atoms with van der Waals surface area (Å²) in [5.74, 6) is -0.0353. The number of aliphatic hydroxyl groups excluding tert-OH is 1. The Kier molecular flexibility index (Phi) is 3.47. The molecule has 0 aromatic rings. The molecular weight excluding hydrogens is 116 g/mol. The molecule has 0 spiro atoms. The highest BCUT2D eigenvalue weighted by atomic mass is 16.3. The minimum absolute atomic E-state index is 0.0995. The van der Waals surface area contributed by atoms with Gasteiger partial charge in [0.2, 0.25) is 0 Å². The third-order valence-electron chi connectivity index (χ3n) is 1.60. The van der Waals surface area contributed by atoms with E-state index in [9.17, 15) is 4.79 Å². The van der Waals surface area contributed by atoms with E-state index in [-0.39, 0.29) is 11.7 Å². The smallest absolute Gasteiger partial charge is 0.158 e. The Morgan fingerprint density at radius 1 is 1.67 bits per heavy atom. The lowest BCUT2D eigenvalue weighted by molar-refractivity contribution is -0.127. The zero-order valence-corrected chi connectivity index (χ0v) is 6.22. The maximum Gasteiger partial charge on any atom is 0.158 e. The summed E-state index contributed by atoms with van der Waals surface area (Å²) in [6.45, 7) is 5.24. The van der Waals surface area contributed by atoms with Crippen LogP contribution in [-0.4, -0.2) is 17.0 Å². The van der Waals surface area contributed by atoms with Gasteiger partial charge in [0.15, 0.2) is 5.78 Å². The van der Waals surface area contributed by atoms with Crippen LogP contribution < -0.4 is 0 Å². The van der Waals surface area contributed by atoms with Gasteiger partial charge in [-0.3, -0.25) is 4.79 Å². The maximum absolute atomic E-state index is 10.5. The molecule has 2 heteroatoms. The lowest BCUT2D eigenvalue weighted by atomic mass is 9.99. The van der Waals surface area contributed by atoms with Gasteiger partial charge in [0.1, 0.15) is 6.10 Å². The Hall–Kier alpha value is -0.370. The van der Waals surface area contributed by atoms with E-state index in [0.717, 1.165) is 6.42 Å². The summed E-state index contributed by atoms with van der Waals surface area (Å²) in [6.07, 6.45) is 0.0933.